The number of aliphatic imine (C=N–C) groups is 1. The maximum absolute atomic E-state index is 13.4. The third-order valence-corrected chi connectivity index (χ3v) is 9.08. The van der Waals surface area contributed by atoms with Gasteiger partial charge in [0.2, 0.25) is 5.91 Å². The minimum atomic E-state index is -0.332. The molecule has 3 atom stereocenters. The number of hydrogen-bond acceptors (Lipinski definition) is 8. The van der Waals surface area contributed by atoms with E-state index >= 15 is 0 Å². The zero-order valence-electron chi connectivity index (χ0n) is 24.5. The number of hydrogen-bond donors (Lipinski definition) is 1. The molecule has 3 unspecified atom stereocenters. The summed E-state index contributed by atoms with van der Waals surface area (Å²) in [7, 11) is 3.26. The van der Waals surface area contributed by atoms with Crippen molar-refractivity contribution in [3.8, 4) is 11.5 Å². The van der Waals surface area contributed by atoms with Crippen LogP contribution in [0.2, 0.25) is 0 Å². The van der Waals surface area contributed by atoms with Crippen LogP contribution in [-0.2, 0) is 9.53 Å². The maximum atomic E-state index is 13.4. The number of morpholine rings is 1. The van der Waals surface area contributed by atoms with Crippen LogP contribution in [0.4, 0.5) is 0 Å². The molecular formula is C32H40N4O6. The van der Waals surface area contributed by atoms with Crippen molar-refractivity contribution >= 4 is 17.5 Å². The molecule has 4 aliphatic rings. The topological polar surface area (TPSA) is 104 Å². The van der Waals surface area contributed by atoms with Crippen LogP contribution in [0.3, 0.4) is 0 Å². The predicted molar refractivity (Wildman–Crippen MR) is 158 cm³/mol. The Morgan fingerprint density at radius 1 is 0.929 bits per heavy atom. The smallest absolute Gasteiger partial charge is 0.253 e. The largest absolute Gasteiger partial charge is 0.493 e. The SMILES string of the molecule is COc1cc2c(cc1OC)C1CC(O)CCC1N=C2c1ccc(C(=O)N2CCN(CC(=O)N3CCOCC3)CC2)cc1. The van der Waals surface area contributed by atoms with Gasteiger partial charge in [0.25, 0.3) is 5.91 Å². The van der Waals surface area contributed by atoms with Gasteiger partial charge in [-0.2, -0.15) is 0 Å². The number of aliphatic hydroxyl groups is 1. The van der Waals surface area contributed by atoms with E-state index < -0.39 is 0 Å². The summed E-state index contributed by atoms with van der Waals surface area (Å²) in [6, 6.07) is 11.8. The van der Waals surface area contributed by atoms with Gasteiger partial charge >= 0.3 is 0 Å². The fourth-order valence-electron chi connectivity index (χ4n) is 6.66. The standard InChI is InChI=1S/C32H40N4O6/c1-40-28-18-24-25-17-23(37)7-8-27(25)33-31(26(24)19-29(28)41-2)21-3-5-22(6-4-21)32(39)36-11-9-34(10-12-36)20-30(38)35-13-15-42-16-14-35/h3-6,18-19,23,25,27,37H,7-17,20H2,1-2H3. The number of piperazine rings is 1. The molecule has 10 heteroatoms. The Balaban J connectivity index is 1.15. The number of ether oxygens (including phenoxy) is 3. The Bertz CT molecular complexity index is 1330. The van der Waals surface area contributed by atoms with Crippen LogP contribution >= 0.6 is 0 Å². The summed E-state index contributed by atoms with van der Waals surface area (Å²) >= 11 is 0. The van der Waals surface area contributed by atoms with Crippen LogP contribution in [0.1, 0.15) is 52.2 Å². The number of carbonyl (C=O) groups is 2. The summed E-state index contributed by atoms with van der Waals surface area (Å²) in [5, 5.41) is 10.4. The zero-order valence-corrected chi connectivity index (χ0v) is 24.5. The van der Waals surface area contributed by atoms with Crippen molar-refractivity contribution in [3.05, 3.63) is 58.7 Å². The van der Waals surface area contributed by atoms with E-state index in [0.717, 1.165) is 35.2 Å². The molecule has 0 aromatic heterocycles. The summed E-state index contributed by atoms with van der Waals surface area (Å²) in [4.78, 5) is 37.0. The molecule has 1 N–H and O–H groups in total. The van der Waals surface area contributed by atoms with E-state index in [1.807, 2.05) is 46.2 Å². The van der Waals surface area contributed by atoms with Gasteiger partial charge < -0.3 is 29.1 Å². The minimum Gasteiger partial charge on any atom is -0.493 e. The van der Waals surface area contributed by atoms with E-state index in [1.54, 1.807) is 14.2 Å². The summed E-state index contributed by atoms with van der Waals surface area (Å²) in [5.74, 6) is 1.56. The zero-order chi connectivity index (χ0) is 29.2. The third-order valence-electron chi connectivity index (χ3n) is 9.08. The first kappa shape index (κ1) is 28.6. The van der Waals surface area contributed by atoms with Crippen LogP contribution < -0.4 is 9.47 Å². The number of nitrogens with zero attached hydrogens (tertiary/aromatic N) is 4. The van der Waals surface area contributed by atoms with Gasteiger partial charge in [-0.1, -0.05) is 12.1 Å². The van der Waals surface area contributed by atoms with Crippen molar-refractivity contribution in [2.75, 3.05) is 73.2 Å². The van der Waals surface area contributed by atoms with E-state index in [9.17, 15) is 14.7 Å². The van der Waals surface area contributed by atoms with Gasteiger partial charge in [0.05, 0.1) is 51.8 Å². The lowest BCUT2D eigenvalue weighted by atomic mass is 9.74. The fraction of sp³-hybridized carbons (Fsp3) is 0.531. The molecule has 2 aromatic carbocycles. The number of amides is 2. The highest BCUT2D eigenvalue weighted by molar-refractivity contribution is 6.15. The molecule has 3 heterocycles. The van der Waals surface area contributed by atoms with Gasteiger partial charge in [-0.3, -0.25) is 19.5 Å². The molecule has 1 aliphatic carbocycles. The van der Waals surface area contributed by atoms with E-state index in [-0.39, 0.29) is 29.9 Å². The Labute approximate surface area is 246 Å². The Morgan fingerprint density at radius 2 is 1.62 bits per heavy atom. The van der Waals surface area contributed by atoms with Gasteiger partial charge in [0.15, 0.2) is 11.5 Å². The van der Waals surface area contributed by atoms with E-state index in [2.05, 4.69) is 4.90 Å². The number of aliphatic hydroxyl groups excluding tert-OH is 1. The number of benzene rings is 2. The highest BCUT2D eigenvalue weighted by Crippen LogP contribution is 2.44. The lowest BCUT2D eigenvalue weighted by Gasteiger charge is -2.37. The van der Waals surface area contributed by atoms with Gasteiger partial charge in [0.1, 0.15) is 0 Å². The van der Waals surface area contributed by atoms with Crippen LogP contribution in [0.25, 0.3) is 0 Å². The number of fused-ring (bicyclic) bond motifs is 3. The first-order valence-electron chi connectivity index (χ1n) is 14.9. The second-order valence-electron chi connectivity index (χ2n) is 11.6. The van der Waals surface area contributed by atoms with Gasteiger partial charge in [-0.15, -0.1) is 0 Å². The van der Waals surface area contributed by atoms with Gasteiger partial charge in [0, 0.05) is 61.9 Å². The molecule has 6 rings (SSSR count). The highest BCUT2D eigenvalue weighted by Gasteiger charge is 2.37. The third kappa shape index (κ3) is 5.75. The Kier molecular flexibility index (Phi) is 8.46. The maximum Gasteiger partial charge on any atom is 0.253 e. The van der Waals surface area contributed by atoms with Crippen LogP contribution in [-0.4, -0.2) is 123 Å². The van der Waals surface area contributed by atoms with Crippen LogP contribution in [0.15, 0.2) is 41.4 Å². The number of methoxy groups -OCH3 is 2. The number of rotatable bonds is 6. The van der Waals surface area contributed by atoms with E-state index in [1.165, 1.54) is 0 Å². The van der Waals surface area contributed by atoms with Crippen LogP contribution in [0, 0.1) is 0 Å². The molecule has 0 bridgehead atoms. The van der Waals surface area contributed by atoms with Crippen molar-refractivity contribution in [2.24, 2.45) is 4.99 Å². The molecule has 3 aliphatic heterocycles. The molecule has 2 amide bonds. The Hall–Kier alpha value is -3.47. The average Bonchev–Trinajstić information content (AvgIpc) is 3.04. The summed E-state index contributed by atoms with van der Waals surface area (Å²) in [6.45, 7) is 5.42. The summed E-state index contributed by atoms with van der Waals surface area (Å²) in [5.41, 5.74) is 4.55. The van der Waals surface area contributed by atoms with Gasteiger partial charge in [-0.25, -0.2) is 0 Å². The molecule has 2 aromatic rings. The average molecular weight is 577 g/mol. The van der Waals surface area contributed by atoms with Crippen molar-refractivity contribution in [1.29, 1.82) is 0 Å². The van der Waals surface area contributed by atoms with Crippen molar-refractivity contribution in [2.45, 2.75) is 37.3 Å². The minimum absolute atomic E-state index is 0.000531. The lowest BCUT2D eigenvalue weighted by molar-refractivity contribution is -0.136. The summed E-state index contributed by atoms with van der Waals surface area (Å²) in [6.07, 6.45) is 1.90. The van der Waals surface area contributed by atoms with E-state index in [0.29, 0.717) is 82.5 Å². The molecule has 2 saturated heterocycles. The quantitative estimate of drug-likeness (QED) is 0.562. The second-order valence-corrected chi connectivity index (χ2v) is 11.6. The van der Waals surface area contributed by atoms with Crippen molar-refractivity contribution < 1.29 is 28.9 Å². The first-order valence-corrected chi connectivity index (χ1v) is 14.9. The predicted octanol–water partition coefficient (Wildman–Crippen LogP) is 2.17. The summed E-state index contributed by atoms with van der Waals surface area (Å²) < 4.78 is 16.6. The molecule has 3 fully saturated rings. The molecule has 0 spiro atoms. The molecule has 1 saturated carbocycles. The lowest BCUT2D eigenvalue weighted by Crippen LogP contribution is -2.52. The second kappa shape index (κ2) is 12.4. The Morgan fingerprint density at radius 3 is 2.31 bits per heavy atom. The molecule has 0 radical (unpaired) electrons. The molecule has 42 heavy (non-hydrogen) atoms. The molecule has 10 nitrogen and oxygen atoms in total. The van der Waals surface area contributed by atoms with Gasteiger partial charge in [-0.05, 0) is 49.1 Å². The first-order chi connectivity index (χ1) is 20.4. The van der Waals surface area contributed by atoms with E-state index in [4.69, 9.17) is 19.2 Å². The normalized spacial score (nSPS) is 24.4. The van der Waals surface area contributed by atoms with Crippen LogP contribution in [0.5, 0.6) is 11.5 Å². The number of carbonyl (C=O) groups excluding carboxylic acids is 2. The molecular weight excluding hydrogens is 536 g/mol. The van der Waals surface area contributed by atoms with Crippen molar-refractivity contribution in [3.63, 3.8) is 0 Å². The highest BCUT2D eigenvalue weighted by atomic mass is 16.5. The fourth-order valence-corrected chi connectivity index (χ4v) is 6.66. The van der Waals surface area contributed by atoms with Crippen molar-refractivity contribution in [1.82, 2.24) is 14.7 Å². The monoisotopic (exact) mass is 576 g/mol. The molecule has 224 valence electrons.